The maximum absolute atomic E-state index is 12.8. The molecule has 122 valence electrons. The van der Waals surface area contributed by atoms with Gasteiger partial charge in [0.1, 0.15) is 0 Å². The number of nitrogens with zero attached hydrogens (tertiary/aromatic N) is 3. The van der Waals surface area contributed by atoms with E-state index in [4.69, 9.17) is 0 Å². The molecule has 0 N–H and O–H groups in total. The van der Waals surface area contributed by atoms with Crippen molar-refractivity contribution in [1.29, 1.82) is 0 Å². The van der Waals surface area contributed by atoms with Crippen LogP contribution in [0.4, 0.5) is 0 Å². The summed E-state index contributed by atoms with van der Waals surface area (Å²) in [5.74, 6) is 0.778. The number of rotatable bonds is 6. The minimum Gasteiger partial charge on any atom is -0.337 e. The van der Waals surface area contributed by atoms with E-state index in [2.05, 4.69) is 9.97 Å². The number of aromatic nitrogens is 2. The first-order valence-corrected chi connectivity index (χ1v) is 9.40. The number of amides is 1. The van der Waals surface area contributed by atoms with Crippen molar-refractivity contribution in [3.8, 4) is 0 Å². The van der Waals surface area contributed by atoms with Gasteiger partial charge in [-0.15, -0.1) is 23.1 Å². The van der Waals surface area contributed by atoms with Crippen molar-refractivity contribution in [3.05, 3.63) is 76.5 Å². The normalized spacial score (nSPS) is 10.5. The maximum atomic E-state index is 12.8. The summed E-state index contributed by atoms with van der Waals surface area (Å²) >= 11 is 3.23. The van der Waals surface area contributed by atoms with Gasteiger partial charge in [0.2, 0.25) is 0 Å². The van der Waals surface area contributed by atoms with Crippen LogP contribution < -0.4 is 0 Å². The highest BCUT2D eigenvalue weighted by molar-refractivity contribution is 7.98. The number of benzene rings is 1. The molecule has 0 saturated carbocycles. The molecule has 0 saturated heterocycles. The van der Waals surface area contributed by atoms with Crippen LogP contribution in [0.25, 0.3) is 0 Å². The summed E-state index contributed by atoms with van der Waals surface area (Å²) in [7, 11) is 1.82. The Morgan fingerprint density at radius 3 is 2.88 bits per heavy atom. The van der Waals surface area contributed by atoms with Crippen LogP contribution in [0.2, 0.25) is 0 Å². The highest BCUT2D eigenvalue weighted by Gasteiger charge is 2.16. The molecule has 0 unspecified atom stereocenters. The van der Waals surface area contributed by atoms with Gasteiger partial charge in [0.05, 0.1) is 16.8 Å². The van der Waals surface area contributed by atoms with Gasteiger partial charge in [-0.3, -0.25) is 9.78 Å². The van der Waals surface area contributed by atoms with Gasteiger partial charge in [-0.2, -0.15) is 0 Å². The van der Waals surface area contributed by atoms with Crippen LogP contribution in [0.5, 0.6) is 0 Å². The van der Waals surface area contributed by atoms with E-state index in [1.165, 1.54) is 0 Å². The van der Waals surface area contributed by atoms with Gasteiger partial charge in [-0.25, -0.2) is 4.98 Å². The third kappa shape index (κ3) is 4.21. The van der Waals surface area contributed by atoms with Gasteiger partial charge in [0, 0.05) is 42.0 Å². The molecule has 0 aliphatic heterocycles. The SMILES string of the molecule is CN(Cc1cccnc1)C(=O)c1ccccc1SCc1cscn1. The van der Waals surface area contributed by atoms with E-state index in [-0.39, 0.29) is 5.91 Å². The highest BCUT2D eigenvalue weighted by atomic mass is 32.2. The van der Waals surface area contributed by atoms with E-state index < -0.39 is 0 Å². The lowest BCUT2D eigenvalue weighted by Gasteiger charge is -2.18. The minimum atomic E-state index is 0.0141. The number of thiazole rings is 1. The molecule has 0 aliphatic rings. The zero-order chi connectivity index (χ0) is 16.8. The molecule has 0 atom stereocenters. The fourth-order valence-electron chi connectivity index (χ4n) is 2.27. The average molecular weight is 355 g/mol. The Morgan fingerprint density at radius 1 is 1.25 bits per heavy atom. The quantitative estimate of drug-likeness (QED) is 0.625. The number of carbonyl (C=O) groups excluding carboxylic acids is 1. The summed E-state index contributed by atoms with van der Waals surface area (Å²) in [4.78, 5) is 23.9. The van der Waals surface area contributed by atoms with Crippen LogP contribution in [0.15, 0.2) is 64.6 Å². The summed E-state index contributed by atoms with van der Waals surface area (Å²) in [6, 6.07) is 11.6. The third-order valence-corrected chi connectivity index (χ3v) is 5.21. The van der Waals surface area contributed by atoms with Gasteiger partial charge in [0.15, 0.2) is 0 Å². The zero-order valence-corrected chi connectivity index (χ0v) is 14.9. The van der Waals surface area contributed by atoms with Crippen molar-refractivity contribution in [3.63, 3.8) is 0 Å². The van der Waals surface area contributed by atoms with E-state index in [9.17, 15) is 4.79 Å². The van der Waals surface area contributed by atoms with E-state index in [0.717, 1.165) is 27.5 Å². The first kappa shape index (κ1) is 16.7. The number of hydrogen-bond acceptors (Lipinski definition) is 5. The Labute approximate surface area is 149 Å². The van der Waals surface area contributed by atoms with Crippen LogP contribution >= 0.6 is 23.1 Å². The van der Waals surface area contributed by atoms with Gasteiger partial charge >= 0.3 is 0 Å². The smallest absolute Gasteiger partial charge is 0.255 e. The fourth-order valence-corrected chi connectivity index (χ4v) is 3.88. The fraction of sp³-hybridized carbons (Fsp3) is 0.167. The van der Waals surface area contributed by atoms with Crippen molar-refractivity contribution in [1.82, 2.24) is 14.9 Å². The molecule has 0 spiro atoms. The molecule has 1 amide bonds. The van der Waals surface area contributed by atoms with Crippen LogP contribution in [0, 0.1) is 0 Å². The van der Waals surface area contributed by atoms with Crippen molar-refractivity contribution >= 4 is 29.0 Å². The first-order chi connectivity index (χ1) is 11.7. The number of carbonyl (C=O) groups is 1. The molecule has 0 fully saturated rings. The van der Waals surface area contributed by atoms with Crippen molar-refractivity contribution in [2.45, 2.75) is 17.2 Å². The summed E-state index contributed by atoms with van der Waals surface area (Å²) in [5.41, 5.74) is 4.61. The number of hydrogen-bond donors (Lipinski definition) is 0. The van der Waals surface area contributed by atoms with E-state index in [1.54, 1.807) is 40.4 Å². The number of thioether (sulfide) groups is 1. The van der Waals surface area contributed by atoms with E-state index in [1.807, 2.05) is 54.3 Å². The Morgan fingerprint density at radius 2 is 2.12 bits per heavy atom. The summed E-state index contributed by atoms with van der Waals surface area (Å²) < 4.78 is 0. The Balaban J connectivity index is 1.72. The van der Waals surface area contributed by atoms with Gasteiger partial charge in [0.25, 0.3) is 5.91 Å². The Kier molecular flexibility index (Phi) is 5.61. The van der Waals surface area contributed by atoms with E-state index >= 15 is 0 Å². The second kappa shape index (κ2) is 8.08. The monoisotopic (exact) mass is 355 g/mol. The average Bonchev–Trinajstić information content (AvgIpc) is 3.14. The maximum Gasteiger partial charge on any atom is 0.255 e. The van der Waals surface area contributed by atoms with Gasteiger partial charge in [-0.1, -0.05) is 18.2 Å². The Hall–Kier alpha value is -2.18. The van der Waals surface area contributed by atoms with Crippen molar-refractivity contribution in [2.24, 2.45) is 0 Å². The molecule has 0 bridgehead atoms. The zero-order valence-electron chi connectivity index (χ0n) is 13.3. The highest BCUT2D eigenvalue weighted by Crippen LogP contribution is 2.27. The summed E-state index contributed by atoms with van der Waals surface area (Å²) in [5, 5.41) is 2.03. The molecule has 4 nitrogen and oxygen atoms in total. The van der Waals surface area contributed by atoms with E-state index in [0.29, 0.717) is 6.54 Å². The largest absolute Gasteiger partial charge is 0.337 e. The first-order valence-electron chi connectivity index (χ1n) is 7.47. The molecule has 1 aromatic carbocycles. The third-order valence-electron chi connectivity index (χ3n) is 3.47. The topological polar surface area (TPSA) is 46.1 Å². The minimum absolute atomic E-state index is 0.0141. The lowest BCUT2D eigenvalue weighted by Crippen LogP contribution is -2.26. The molecule has 6 heteroatoms. The molecule has 0 aliphatic carbocycles. The molecular weight excluding hydrogens is 338 g/mol. The second-order valence-corrected chi connectivity index (χ2v) is 7.02. The van der Waals surface area contributed by atoms with Crippen LogP contribution in [-0.2, 0) is 12.3 Å². The molecule has 24 heavy (non-hydrogen) atoms. The second-order valence-electron chi connectivity index (χ2n) is 5.29. The lowest BCUT2D eigenvalue weighted by molar-refractivity contribution is 0.0781. The molecule has 2 heterocycles. The standard InChI is InChI=1S/C18H17N3OS2/c1-21(10-14-5-4-8-19-9-14)18(22)16-6-2-3-7-17(16)24-12-15-11-23-13-20-15/h2-9,11,13H,10,12H2,1H3. The summed E-state index contributed by atoms with van der Waals surface area (Å²) in [6.07, 6.45) is 3.52. The predicted octanol–water partition coefficient (Wildman–Crippen LogP) is 4.10. The number of pyridine rings is 1. The molecule has 2 aromatic heterocycles. The van der Waals surface area contributed by atoms with Crippen LogP contribution in [0.1, 0.15) is 21.6 Å². The Bertz CT molecular complexity index is 791. The van der Waals surface area contributed by atoms with Gasteiger partial charge < -0.3 is 4.90 Å². The molecule has 3 aromatic rings. The molecule has 3 rings (SSSR count). The molecular formula is C18H17N3OS2. The predicted molar refractivity (Wildman–Crippen MR) is 98.2 cm³/mol. The van der Waals surface area contributed by atoms with Crippen LogP contribution in [-0.4, -0.2) is 27.8 Å². The van der Waals surface area contributed by atoms with Gasteiger partial charge in [-0.05, 0) is 23.8 Å². The summed E-state index contributed by atoms with van der Waals surface area (Å²) in [6.45, 7) is 0.539. The lowest BCUT2D eigenvalue weighted by atomic mass is 10.2. The van der Waals surface area contributed by atoms with Crippen LogP contribution in [0.3, 0.4) is 0 Å². The van der Waals surface area contributed by atoms with Crippen molar-refractivity contribution < 1.29 is 4.79 Å². The van der Waals surface area contributed by atoms with Crippen molar-refractivity contribution in [2.75, 3.05) is 7.05 Å². The molecule has 0 radical (unpaired) electrons.